The highest BCUT2D eigenvalue weighted by Gasteiger charge is 2.24. The molecule has 3 rings (SSSR count). The van der Waals surface area contributed by atoms with Gasteiger partial charge in [-0.1, -0.05) is 45.7 Å². The maximum Gasteiger partial charge on any atom is 0.258 e. The van der Waals surface area contributed by atoms with Crippen LogP contribution in [0, 0.1) is 0 Å². The SMILES string of the molecule is Cn1cccc1C(CNC(=O)COc1ccc(C(C)(C)C)cc1)N1CCCCCC1. The third kappa shape index (κ3) is 6.11. The Balaban J connectivity index is 1.55. The van der Waals surface area contributed by atoms with Crippen LogP contribution in [0.5, 0.6) is 5.75 Å². The molecule has 5 heteroatoms. The van der Waals surface area contributed by atoms with Crippen LogP contribution in [0.3, 0.4) is 0 Å². The number of amides is 1. The lowest BCUT2D eigenvalue weighted by Crippen LogP contribution is -2.40. The maximum atomic E-state index is 12.5. The van der Waals surface area contributed by atoms with Gasteiger partial charge in [-0.05, 0) is 61.2 Å². The molecule has 0 bridgehead atoms. The van der Waals surface area contributed by atoms with E-state index in [1.54, 1.807) is 0 Å². The van der Waals surface area contributed by atoms with Crippen LogP contribution < -0.4 is 10.1 Å². The van der Waals surface area contributed by atoms with Crippen LogP contribution in [0.1, 0.15) is 63.8 Å². The van der Waals surface area contributed by atoms with Gasteiger partial charge in [0.15, 0.2) is 6.61 Å². The molecule has 1 amide bonds. The number of benzene rings is 1. The van der Waals surface area contributed by atoms with Crippen molar-refractivity contribution in [1.29, 1.82) is 0 Å². The summed E-state index contributed by atoms with van der Waals surface area (Å²) >= 11 is 0. The minimum absolute atomic E-state index is 0.0364. The van der Waals surface area contributed by atoms with Crippen molar-refractivity contribution in [3.05, 3.63) is 53.9 Å². The fraction of sp³-hybridized carbons (Fsp3) is 0.560. The number of carbonyl (C=O) groups excluding carboxylic acids is 1. The van der Waals surface area contributed by atoms with Gasteiger partial charge in [-0.3, -0.25) is 9.69 Å². The first kappa shape index (κ1) is 22.4. The van der Waals surface area contributed by atoms with E-state index in [0.29, 0.717) is 6.54 Å². The molecular formula is C25H37N3O2. The zero-order valence-electron chi connectivity index (χ0n) is 19.0. The largest absolute Gasteiger partial charge is 0.484 e. The minimum atomic E-state index is -0.0797. The number of nitrogens with one attached hydrogen (secondary N) is 1. The Morgan fingerprint density at radius 1 is 1.07 bits per heavy atom. The Morgan fingerprint density at radius 3 is 2.30 bits per heavy atom. The van der Waals surface area contributed by atoms with E-state index in [0.717, 1.165) is 18.8 Å². The summed E-state index contributed by atoms with van der Waals surface area (Å²) in [5, 5.41) is 3.10. The fourth-order valence-electron chi connectivity index (χ4n) is 4.11. The molecule has 0 radical (unpaired) electrons. The van der Waals surface area contributed by atoms with Crippen molar-refractivity contribution in [2.45, 2.75) is 57.9 Å². The third-order valence-electron chi connectivity index (χ3n) is 5.99. The van der Waals surface area contributed by atoms with E-state index in [1.165, 1.54) is 36.9 Å². The minimum Gasteiger partial charge on any atom is -0.484 e. The molecule has 1 aromatic heterocycles. The first-order chi connectivity index (χ1) is 14.3. The normalized spacial score (nSPS) is 16.7. The number of carbonyl (C=O) groups is 1. The lowest BCUT2D eigenvalue weighted by atomic mass is 9.87. The Labute approximate surface area is 181 Å². The monoisotopic (exact) mass is 411 g/mol. The smallest absolute Gasteiger partial charge is 0.258 e. The van der Waals surface area contributed by atoms with E-state index >= 15 is 0 Å². The average Bonchev–Trinajstić information content (AvgIpc) is 2.96. The number of rotatable bonds is 7. The highest BCUT2D eigenvalue weighted by Crippen LogP contribution is 2.25. The second-order valence-electron chi connectivity index (χ2n) is 9.38. The van der Waals surface area contributed by atoms with E-state index in [1.807, 2.05) is 12.1 Å². The van der Waals surface area contributed by atoms with E-state index in [9.17, 15) is 4.79 Å². The predicted octanol–water partition coefficient (Wildman–Crippen LogP) is 4.43. The van der Waals surface area contributed by atoms with Crippen molar-refractivity contribution in [3.63, 3.8) is 0 Å². The van der Waals surface area contributed by atoms with Gasteiger partial charge in [0.2, 0.25) is 0 Å². The van der Waals surface area contributed by atoms with Gasteiger partial charge >= 0.3 is 0 Å². The van der Waals surface area contributed by atoms with Gasteiger partial charge < -0.3 is 14.6 Å². The number of nitrogens with zero attached hydrogens (tertiary/aromatic N) is 2. The molecule has 1 aliphatic heterocycles. The van der Waals surface area contributed by atoms with Gasteiger partial charge in [-0.25, -0.2) is 0 Å². The molecule has 1 atom stereocenters. The maximum absolute atomic E-state index is 12.5. The lowest BCUT2D eigenvalue weighted by Gasteiger charge is -2.31. The van der Waals surface area contributed by atoms with E-state index in [-0.39, 0.29) is 24.0 Å². The molecule has 5 nitrogen and oxygen atoms in total. The van der Waals surface area contributed by atoms with Crippen molar-refractivity contribution in [2.24, 2.45) is 7.05 Å². The van der Waals surface area contributed by atoms with Crippen molar-refractivity contribution in [1.82, 2.24) is 14.8 Å². The van der Waals surface area contributed by atoms with Crippen LogP contribution in [0.25, 0.3) is 0 Å². The van der Waals surface area contributed by atoms with Gasteiger partial charge in [0, 0.05) is 25.5 Å². The second kappa shape index (κ2) is 10.2. The summed E-state index contributed by atoms with van der Waals surface area (Å²) in [7, 11) is 2.08. The lowest BCUT2D eigenvalue weighted by molar-refractivity contribution is -0.123. The molecule has 0 spiro atoms. The molecule has 0 saturated carbocycles. The first-order valence-electron chi connectivity index (χ1n) is 11.2. The number of hydrogen-bond acceptors (Lipinski definition) is 3. The average molecular weight is 412 g/mol. The number of likely N-dealkylation sites (tertiary alicyclic amines) is 1. The summed E-state index contributed by atoms with van der Waals surface area (Å²) in [4.78, 5) is 15.0. The molecule has 1 aromatic carbocycles. The number of aromatic nitrogens is 1. The highest BCUT2D eigenvalue weighted by atomic mass is 16.5. The summed E-state index contributed by atoms with van der Waals surface area (Å²) in [5.74, 6) is 0.647. The molecule has 2 aromatic rings. The van der Waals surface area contributed by atoms with Gasteiger partial charge in [0.25, 0.3) is 5.91 Å². The number of aryl methyl sites for hydroxylation is 1. The fourth-order valence-corrected chi connectivity index (χ4v) is 4.11. The molecule has 1 N–H and O–H groups in total. The summed E-state index contributed by atoms with van der Waals surface area (Å²) in [6, 6.07) is 12.4. The Morgan fingerprint density at radius 2 is 1.73 bits per heavy atom. The van der Waals surface area contributed by atoms with Crippen molar-refractivity contribution < 1.29 is 9.53 Å². The topological polar surface area (TPSA) is 46.5 Å². The van der Waals surface area contributed by atoms with E-state index in [2.05, 4.69) is 73.1 Å². The number of ether oxygens (including phenoxy) is 1. The molecule has 1 saturated heterocycles. The van der Waals surface area contributed by atoms with Gasteiger partial charge in [0.1, 0.15) is 5.75 Å². The molecular weight excluding hydrogens is 374 g/mol. The molecule has 0 aliphatic carbocycles. The zero-order chi connectivity index (χ0) is 21.6. The van der Waals surface area contributed by atoms with Gasteiger partial charge in [-0.2, -0.15) is 0 Å². The number of hydrogen-bond donors (Lipinski definition) is 1. The zero-order valence-corrected chi connectivity index (χ0v) is 19.0. The summed E-state index contributed by atoms with van der Waals surface area (Å²) in [6.45, 7) is 9.36. The van der Waals surface area contributed by atoms with Crippen LogP contribution in [-0.2, 0) is 17.3 Å². The molecule has 2 heterocycles. The Kier molecular flexibility index (Phi) is 7.59. The Hall–Kier alpha value is -2.27. The van der Waals surface area contributed by atoms with Gasteiger partial charge in [-0.15, -0.1) is 0 Å². The van der Waals surface area contributed by atoms with Gasteiger partial charge in [0.05, 0.1) is 6.04 Å². The molecule has 164 valence electrons. The molecule has 1 unspecified atom stereocenters. The molecule has 30 heavy (non-hydrogen) atoms. The van der Waals surface area contributed by atoms with Crippen LogP contribution in [-0.4, -0.2) is 41.6 Å². The van der Waals surface area contributed by atoms with Crippen LogP contribution in [0.15, 0.2) is 42.6 Å². The van der Waals surface area contributed by atoms with E-state index < -0.39 is 0 Å². The van der Waals surface area contributed by atoms with Crippen LogP contribution in [0.2, 0.25) is 0 Å². The molecule has 1 fully saturated rings. The first-order valence-corrected chi connectivity index (χ1v) is 11.2. The second-order valence-corrected chi connectivity index (χ2v) is 9.38. The van der Waals surface area contributed by atoms with Crippen molar-refractivity contribution in [3.8, 4) is 5.75 Å². The van der Waals surface area contributed by atoms with E-state index in [4.69, 9.17) is 4.74 Å². The quantitative estimate of drug-likeness (QED) is 0.733. The Bertz CT molecular complexity index is 797. The van der Waals surface area contributed by atoms with Crippen LogP contribution in [0.4, 0.5) is 0 Å². The van der Waals surface area contributed by atoms with Crippen molar-refractivity contribution in [2.75, 3.05) is 26.2 Å². The molecule has 1 aliphatic rings. The van der Waals surface area contributed by atoms with Crippen molar-refractivity contribution >= 4 is 5.91 Å². The summed E-state index contributed by atoms with van der Waals surface area (Å²) in [5.41, 5.74) is 2.60. The predicted molar refractivity (Wildman–Crippen MR) is 122 cm³/mol. The van der Waals surface area contributed by atoms with Crippen LogP contribution >= 0.6 is 0 Å². The summed E-state index contributed by atoms with van der Waals surface area (Å²) in [6.07, 6.45) is 7.12. The third-order valence-corrected chi connectivity index (χ3v) is 5.99. The highest BCUT2D eigenvalue weighted by molar-refractivity contribution is 5.77. The standard InChI is InChI=1S/C25H37N3O2/c1-25(2,3)20-11-13-21(14-12-20)30-19-24(29)26-18-23(22-10-9-15-27(22)4)28-16-7-5-6-8-17-28/h9-15,23H,5-8,16-19H2,1-4H3,(H,26,29). The summed E-state index contributed by atoms with van der Waals surface area (Å²) < 4.78 is 7.88.